The lowest BCUT2D eigenvalue weighted by atomic mass is 10.1. The fourth-order valence-electron chi connectivity index (χ4n) is 2.62. The minimum atomic E-state index is 0.393. The van der Waals surface area contributed by atoms with Gasteiger partial charge in [-0.15, -0.1) is 11.3 Å². The van der Waals surface area contributed by atoms with Crippen LogP contribution in [0.15, 0.2) is 18.2 Å². The molecular weight excluding hydrogens is 429 g/mol. The van der Waals surface area contributed by atoms with E-state index in [4.69, 9.17) is 28.9 Å². The first kappa shape index (κ1) is 23.3. The number of anilines is 2. The maximum Gasteiger partial charge on any atom is 0.224 e. The molecule has 5 N–H and O–H groups in total. The Bertz CT molecular complexity index is 989. The highest BCUT2D eigenvalue weighted by atomic mass is 35.5. The molecule has 1 fully saturated rings. The minimum absolute atomic E-state index is 0.393. The van der Waals surface area contributed by atoms with Gasteiger partial charge in [0.05, 0.1) is 31.7 Å². The van der Waals surface area contributed by atoms with Gasteiger partial charge in [0.25, 0.3) is 0 Å². The Balaban J connectivity index is 0.000000707. The molecule has 6 nitrogen and oxygen atoms in total. The summed E-state index contributed by atoms with van der Waals surface area (Å²) < 4.78 is 0. The third-order valence-corrected chi connectivity index (χ3v) is 5.93. The Morgan fingerprint density at radius 3 is 2.48 bits per heavy atom. The Morgan fingerprint density at radius 2 is 1.90 bits per heavy atom. The first-order valence-electron chi connectivity index (χ1n) is 9.39. The molecular formula is C20H25Cl2N5OS. The predicted octanol–water partition coefficient (Wildman–Crippen LogP) is 5.48. The number of nitrogens with zero attached hydrogens (tertiary/aromatic N) is 2. The molecule has 0 amide bonds. The van der Waals surface area contributed by atoms with Crippen LogP contribution in [0, 0.1) is 5.92 Å². The number of nitrogen functional groups attached to an aromatic ring is 1. The lowest BCUT2D eigenvalue weighted by molar-refractivity contribution is 0.112. The van der Waals surface area contributed by atoms with Gasteiger partial charge < -0.3 is 16.8 Å². The number of aldehydes is 1. The van der Waals surface area contributed by atoms with E-state index in [0.717, 1.165) is 18.4 Å². The number of halogens is 2. The first-order valence-corrected chi connectivity index (χ1v) is 11.0. The second-order valence-corrected chi connectivity index (χ2v) is 7.87. The van der Waals surface area contributed by atoms with Crippen molar-refractivity contribution in [3.8, 4) is 11.3 Å². The molecule has 1 aromatic carbocycles. The molecule has 156 valence electrons. The van der Waals surface area contributed by atoms with Crippen molar-refractivity contribution >= 4 is 62.7 Å². The summed E-state index contributed by atoms with van der Waals surface area (Å²) in [6, 6.07) is 5.29. The fourth-order valence-corrected chi connectivity index (χ4v) is 3.82. The SMILES string of the molecule is CC.CN.Nc1c(C=O)sc2nc(NCC3CC3)nc(-c3ccc(Cl)c(Cl)c3)c12. The molecule has 0 spiro atoms. The van der Waals surface area contributed by atoms with Crippen LogP contribution in [0.1, 0.15) is 36.4 Å². The van der Waals surface area contributed by atoms with Crippen molar-refractivity contribution in [2.45, 2.75) is 26.7 Å². The van der Waals surface area contributed by atoms with E-state index in [1.807, 2.05) is 19.9 Å². The molecule has 4 rings (SSSR count). The largest absolute Gasteiger partial charge is 0.397 e. The number of rotatable bonds is 5. The number of benzene rings is 1. The molecule has 1 aliphatic rings. The van der Waals surface area contributed by atoms with Crippen LogP contribution in [0.5, 0.6) is 0 Å². The van der Waals surface area contributed by atoms with Gasteiger partial charge in [-0.2, -0.15) is 0 Å². The lowest BCUT2D eigenvalue weighted by Crippen LogP contribution is -2.07. The van der Waals surface area contributed by atoms with Gasteiger partial charge in [0, 0.05) is 12.1 Å². The number of aromatic nitrogens is 2. The number of thiophene rings is 1. The summed E-state index contributed by atoms with van der Waals surface area (Å²) >= 11 is 13.4. The number of hydrogen-bond donors (Lipinski definition) is 3. The Morgan fingerprint density at radius 1 is 1.21 bits per heavy atom. The zero-order valence-electron chi connectivity index (χ0n) is 16.6. The lowest BCUT2D eigenvalue weighted by Gasteiger charge is -2.09. The molecule has 0 bridgehead atoms. The van der Waals surface area contributed by atoms with Gasteiger partial charge in [-0.1, -0.05) is 43.1 Å². The normalized spacial score (nSPS) is 12.5. The summed E-state index contributed by atoms with van der Waals surface area (Å²) in [4.78, 5) is 21.6. The molecule has 2 heterocycles. The van der Waals surface area contributed by atoms with E-state index < -0.39 is 0 Å². The van der Waals surface area contributed by atoms with Crippen molar-refractivity contribution in [1.29, 1.82) is 0 Å². The van der Waals surface area contributed by atoms with Crippen molar-refractivity contribution < 1.29 is 4.79 Å². The zero-order chi connectivity index (χ0) is 21.6. The average molecular weight is 454 g/mol. The van der Waals surface area contributed by atoms with Gasteiger partial charge in [0.15, 0.2) is 6.29 Å². The van der Waals surface area contributed by atoms with Gasteiger partial charge in [0.1, 0.15) is 4.83 Å². The quantitative estimate of drug-likeness (QED) is 0.441. The van der Waals surface area contributed by atoms with E-state index in [1.54, 1.807) is 12.1 Å². The highest BCUT2D eigenvalue weighted by Gasteiger charge is 2.22. The van der Waals surface area contributed by atoms with Crippen molar-refractivity contribution in [1.82, 2.24) is 9.97 Å². The summed E-state index contributed by atoms with van der Waals surface area (Å²) in [6.07, 6.45) is 3.21. The third-order valence-electron chi connectivity index (χ3n) is 4.16. The van der Waals surface area contributed by atoms with Gasteiger partial charge in [-0.3, -0.25) is 4.79 Å². The monoisotopic (exact) mass is 453 g/mol. The second-order valence-electron chi connectivity index (χ2n) is 6.03. The summed E-state index contributed by atoms with van der Waals surface area (Å²) in [5, 5.41) is 4.85. The van der Waals surface area contributed by atoms with Crippen LogP contribution in [0.3, 0.4) is 0 Å². The zero-order valence-corrected chi connectivity index (χ0v) is 19.0. The molecule has 9 heteroatoms. The van der Waals surface area contributed by atoms with Crippen LogP contribution in [-0.2, 0) is 0 Å². The van der Waals surface area contributed by atoms with E-state index in [2.05, 4.69) is 21.0 Å². The van der Waals surface area contributed by atoms with E-state index in [0.29, 0.717) is 48.4 Å². The molecule has 3 aromatic rings. The first-order chi connectivity index (χ1) is 14.1. The maximum atomic E-state index is 11.3. The van der Waals surface area contributed by atoms with Crippen LogP contribution in [0.25, 0.3) is 21.5 Å². The summed E-state index contributed by atoms with van der Waals surface area (Å²) in [7, 11) is 1.50. The molecule has 1 saturated carbocycles. The molecule has 0 saturated heterocycles. The standard InChI is InChI=1S/C17H14Cl2N4OS.C2H6.CH5N/c18-10-4-3-9(5-11(10)19)15-13-14(20)12(7-24)25-16(13)23-17(22-15)21-6-8-1-2-8;2*1-2/h3-5,7-8H,1-2,6,20H2,(H,21,22,23);1-2H3;2H2,1H3. The fraction of sp³-hybridized carbons (Fsp3) is 0.350. The third kappa shape index (κ3) is 5.36. The highest BCUT2D eigenvalue weighted by Crippen LogP contribution is 2.39. The van der Waals surface area contributed by atoms with E-state index >= 15 is 0 Å². The van der Waals surface area contributed by atoms with Crippen molar-refractivity contribution in [3.05, 3.63) is 33.1 Å². The van der Waals surface area contributed by atoms with Crippen LogP contribution >= 0.6 is 34.5 Å². The summed E-state index contributed by atoms with van der Waals surface area (Å²) in [6.45, 7) is 4.84. The molecule has 1 aliphatic carbocycles. The van der Waals surface area contributed by atoms with Gasteiger partial charge >= 0.3 is 0 Å². The predicted molar refractivity (Wildman–Crippen MR) is 125 cm³/mol. The molecule has 0 aliphatic heterocycles. The van der Waals surface area contributed by atoms with Crippen LogP contribution in [0.2, 0.25) is 10.0 Å². The van der Waals surface area contributed by atoms with E-state index in [1.165, 1.54) is 31.2 Å². The summed E-state index contributed by atoms with van der Waals surface area (Å²) in [5.74, 6) is 1.21. The number of carbonyl (C=O) groups excluding carboxylic acids is 1. The Hall–Kier alpha value is -1.93. The van der Waals surface area contributed by atoms with E-state index in [9.17, 15) is 4.79 Å². The van der Waals surface area contributed by atoms with Crippen molar-refractivity contribution in [2.24, 2.45) is 11.7 Å². The van der Waals surface area contributed by atoms with E-state index in [-0.39, 0.29) is 0 Å². The second kappa shape index (κ2) is 10.7. The molecule has 29 heavy (non-hydrogen) atoms. The number of hydrogen-bond acceptors (Lipinski definition) is 7. The Kier molecular flexibility index (Phi) is 8.64. The number of fused-ring (bicyclic) bond motifs is 1. The highest BCUT2D eigenvalue weighted by molar-refractivity contribution is 7.21. The topological polar surface area (TPSA) is 107 Å². The number of nitrogens with one attached hydrogen (secondary N) is 1. The average Bonchev–Trinajstić information content (AvgIpc) is 3.53. The molecule has 0 radical (unpaired) electrons. The molecule has 2 aromatic heterocycles. The minimum Gasteiger partial charge on any atom is -0.397 e. The van der Waals surface area contributed by atoms with Gasteiger partial charge in [-0.05, 0) is 37.9 Å². The van der Waals surface area contributed by atoms with Crippen molar-refractivity contribution in [3.63, 3.8) is 0 Å². The Labute approximate surface area is 184 Å². The smallest absolute Gasteiger partial charge is 0.224 e. The van der Waals surface area contributed by atoms with Crippen LogP contribution < -0.4 is 16.8 Å². The number of nitrogens with two attached hydrogens (primary N) is 2. The van der Waals surface area contributed by atoms with Crippen LogP contribution in [-0.4, -0.2) is 29.8 Å². The maximum absolute atomic E-state index is 11.3. The van der Waals surface area contributed by atoms with Gasteiger partial charge in [-0.25, -0.2) is 9.97 Å². The summed E-state index contributed by atoms with van der Waals surface area (Å²) in [5.41, 5.74) is 12.5. The van der Waals surface area contributed by atoms with Crippen molar-refractivity contribution in [2.75, 3.05) is 24.6 Å². The number of carbonyl (C=O) groups is 1. The van der Waals surface area contributed by atoms with Crippen LogP contribution in [0.4, 0.5) is 11.6 Å². The molecule has 0 unspecified atom stereocenters. The van der Waals surface area contributed by atoms with Gasteiger partial charge in [0.2, 0.25) is 5.95 Å². The molecule has 0 atom stereocenters.